The molecule has 9 nitrogen and oxygen atoms in total. The molecule has 0 heterocycles. The van der Waals surface area contributed by atoms with Crippen molar-refractivity contribution in [3.63, 3.8) is 0 Å². The second-order valence-electron chi connectivity index (χ2n) is 14.2. The summed E-state index contributed by atoms with van der Waals surface area (Å²) in [5.41, 5.74) is -1.31. The Morgan fingerprint density at radius 3 is 2.30 bits per heavy atom. The molecule has 44 heavy (non-hydrogen) atoms. The third kappa shape index (κ3) is 3.82. The standard InChI is InChI=1S/C32H37F3N2O7/c1-29(2)15-5-6-30(29,3)20(11-15)37(4)12-14-9-18(38)22-17(24(14)32(33,34)35)8-13-7-16-10-19(39)23(28(36)43)27(42)31(16,44)26(41)21(13)25(22)40/h9,13,15-16,20,38-39,41,44H,5-8,10-12H2,1-4H3,(H2,36,43)/t13?,15?,16-,20-,30?,31-/m0/s1. The maximum absolute atomic E-state index is 14.9. The topological polar surface area (TPSA) is 161 Å². The molecule has 6 rings (SSSR count). The Morgan fingerprint density at radius 1 is 1.09 bits per heavy atom. The molecule has 2 saturated carbocycles. The summed E-state index contributed by atoms with van der Waals surface area (Å²) in [6, 6.07) is 0.974. The third-order valence-electron chi connectivity index (χ3n) is 12.1. The molecule has 238 valence electrons. The molecule has 6 N–H and O–H groups in total. The number of primary amides is 1. The minimum Gasteiger partial charge on any atom is -0.511 e. The minimum atomic E-state index is -4.89. The lowest BCUT2D eigenvalue weighted by atomic mass is 9.60. The summed E-state index contributed by atoms with van der Waals surface area (Å²) in [4.78, 5) is 40.6. The van der Waals surface area contributed by atoms with Gasteiger partial charge < -0.3 is 26.2 Å². The van der Waals surface area contributed by atoms with E-state index >= 15 is 0 Å². The van der Waals surface area contributed by atoms with Gasteiger partial charge >= 0.3 is 6.18 Å². The van der Waals surface area contributed by atoms with Gasteiger partial charge in [0, 0.05) is 30.5 Å². The Kier molecular flexibility index (Phi) is 6.49. The maximum Gasteiger partial charge on any atom is 0.417 e. The first-order chi connectivity index (χ1) is 20.3. The van der Waals surface area contributed by atoms with Gasteiger partial charge in [-0.15, -0.1) is 0 Å². The molecule has 1 aromatic rings. The molecule has 1 amide bonds. The number of halogens is 3. The van der Waals surface area contributed by atoms with Crippen LogP contribution in [0.1, 0.15) is 79.9 Å². The number of carbonyl (C=O) groups excluding carboxylic acids is 3. The number of amides is 1. The highest BCUT2D eigenvalue weighted by molar-refractivity contribution is 6.24. The van der Waals surface area contributed by atoms with Gasteiger partial charge in [-0.3, -0.25) is 19.3 Å². The normalized spacial score (nSPS) is 34.4. The van der Waals surface area contributed by atoms with Crippen molar-refractivity contribution < 1.29 is 48.0 Å². The van der Waals surface area contributed by atoms with Gasteiger partial charge in [-0.1, -0.05) is 20.8 Å². The first-order valence-corrected chi connectivity index (χ1v) is 14.9. The van der Waals surface area contributed by atoms with Crippen molar-refractivity contribution in [2.24, 2.45) is 34.3 Å². The summed E-state index contributed by atoms with van der Waals surface area (Å²) in [6.45, 7) is 6.50. The highest BCUT2D eigenvalue weighted by Crippen LogP contribution is 2.66. The van der Waals surface area contributed by atoms with Crippen molar-refractivity contribution in [2.75, 3.05) is 7.05 Å². The van der Waals surface area contributed by atoms with Crippen LogP contribution in [0.2, 0.25) is 0 Å². The second-order valence-corrected chi connectivity index (χ2v) is 14.2. The number of aromatic hydroxyl groups is 1. The molecule has 6 atom stereocenters. The number of phenolic OH excluding ortho intramolecular Hbond substituents is 1. The van der Waals surface area contributed by atoms with E-state index in [2.05, 4.69) is 20.8 Å². The average molecular weight is 619 g/mol. The van der Waals surface area contributed by atoms with E-state index in [1.54, 1.807) is 7.05 Å². The van der Waals surface area contributed by atoms with E-state index in [0.29, 0.717) is 5.92 Å². The van der Waals surface area contributed by atoms with Gasteiger partial charge in [0.2, 0.25) is 5.78 Å². The maximum atomic E-state index is 14.9. The van der Waals surface area contributed by atoms with Crippen LogP contribution in [0.4, 0.5) is 13.2 Å². The Balaban J connectivity index is 1.43. The van der Waals surface area contributed by atoms with E-state index in [-0.39, 0.29) is 35.4 Å². The zero-order valence-corrected chi connectivity index (χ0v) is 25.0. The summed E-state index contributed by atoms with van der Waals surface area (Å²) in [7, 11) is 1.79. The van der Waals surface area contributed by atoms with Gasteiger partial charge in [0.05, 0.1) is 11.1 Å². The molecule has 0 spiro atoms. The van der Waals surface area contributed by atoms with Crippen LogP contribution in [-0.4, -0.2) is 61.5 Å². The van der Waals surface area contributed by atoms with Crippen LogP contribution in [0.15, 0.2) is 28.7 Å². The number of nitrogens with two attached hydrogens (primary N) is 1. The fourth-order valence-electron chi connectivity index (χ4n) is 9.44. The Hall–Kier alpha value is -3.38. The fraction of sp³-hybridized carbons (Fsp3) is 0.594. The highest BCUT2D eigenvalue weighted by Gasteiger charge is 2.63. The molecule has 0 saturated heterocycles. The number of aliphatic hydroxyl groups excluding tert-OH is 2. The second kappa shape index (κ2) is 9.32. The molecule has 0 aromatic heterocycles. The number of aliphatic hydroxyl groups is 3. The Bertz CT molecular complexity index is 1590. The summed E-state index contributed by atoms with van der Waals surface area (Å²) >= 11 is 0. The summed E-state index contributed by atoms with van der Waals surface area (Å²) in [5, 5.41) is 43.9. The van der Waals surface area contributed by atoms with E-state index in [9.17, 15) is 48.0 Å². The smallest absolute Gasteiger partial charge is 0.417 e. The van der Waals surface area contributed by atoms with Gasteiger partial charge in [-0.05, 0) is 79.0 Å². The molecule has 2 bridgehead atoms. The molecular weight excluding hydrogens is 581 g/mol. The van der Waals surface area contributed by atoms with Crippen LogP contribution in [0.5, 0.6) is 5.75 Å². The van der Waals surface area contributed by atoms with Crippen molar-refractivity contribution in [1.29, 1.82) is 0 Å². The molecule has 2 fully saturated rings. The van der Waals surface area contributed by atoms with Gasteiger partial charge in [0.1, 0.15) is 22.8 Å². The number of hydrogen-bond donors (Lipinski definition) is 5. The monoisotopic (exact) mass is 618 g/mol. The lowest BCUT2D eigenvalue weighted by Gasteiger charge is -2.46. The summed E-state index contributed by atoms with van der Waals surface area (Å²) in [6.07, 6.45) is -3.11. The van der Waals surface area contributed by atoms with E-state index in [1.807, 2.05) is 4.90 Å². The van der Waals surface area contributed by atoms with Crippen LogP contribution >= 0.6 is 0 Å². The zero-order chi connectivity index (χ0) is 32.5. The molecule has 3 unspecified atom stereocenters. The molecule has 12 heteroatoms. The largest absolute Gasteiger partial charge is 0.511 e. The highest BCUT2D eigenvalue weighted by atomic mass is 19.4. The van der Waals surface area contributed by atoms with Crippen LogP contribution in [0, 0.1) is 28.6 Å². The Morgan fingerprint density at radius 2 is 1.75 bits per heavy atom. The minimum absolute atomic E-state index is 0.0227. The van der Waals surface area contributed by atoms with Crippen molar-refractivity contribution in [1.82, 2.24) is 4.90 Å². The lowest BCUT2D eigenvalue weighted by Crippen LogP contribution is -2.57. The lowest BCUT2D eigenvalue weighted by molar-refractivity contribution is -0.144. The number of carbonyl (C=O) groups is 3. The summed E-state index contributed by atoms with van der Waals surface area (Å²) < 4.78 is 44.6. The molecule has 1 aromatic carbocycles. The van der Waals surface area contributed by atoms with Crippen LogP contribution < -0.4 is 5.73 Å². The summed E-state index contributed by atoms with van der Waals surface area (Å²) in [5.74, 6) is -8.21. The fourth-order valence-corrected chi connectivity index (χ4v) is 9.44. The average Bonchev–Trinajstić information content (AvgIpc) is 3.23. The Labute approximate surface area is 252 Å². The molecular formula is C32H37F3N2O7. The van der Waals surface area contributed by atoms with E-state index in [0.717, 1.165) is 25.3 Å². The van der Waals surface area contributed by atoms with Gasteiger partial charge in [-0.2, -0.15) is 13.2 Å². The number of Topliss-reactive ketones (excluding diaryl/α,β-unsaturated/α-hetero) is 2. The zero-order valence-electron chi connectivity index (χ0n) is 25.0. The van der Waals surface area contributed by atoms with Crippen molar-refractivity contribution in [3.05, 3.63) is 51.0 Å². The number of hydrogen-bond acceptors (Lipinski definition) is 8. The number of ketones is 2. The quantitative estimate of drug-likeness (QED) is 0.313. The van der Waals surface area contributed by atoms with Crippen molar-refractivity contribution >= 4 is 17.5 Å². The number of benzene rings is 1. The molecule has 5 aliphatic carbocycles. The number of allylic oxidation sites excluding steroid dienone is 2. The van der Waals surface area contributed by atoms with Crippen molar-refractivity contribution in [2.45, 2.75) is 83.7 Å². The van der Waals surface area contributed by atoms with Crippen molar-refractivity contribution in [3.8, 4) is 5.75 Å². The van der Waals surface area contributed by atoms with E-state index in [1.165, 1.54) is 0 Å². The predicted molar refractivity (Wildman–Crippen MR) is 150 cm³/mol. The molecule has 0 aliphatic heterocycles. The molecule has 0 radical (unpaired) electrons. The predicted octanol–water partition coefficient (Wildman–Crippen LogP) is 4.25. The van der Waals surface area contributed by atoms with Crippen LogP contribution in [-0.2, 0) is 28.7 Å². The number of fused-ring (bicyclic) bond motifs is 5. The number of phenols is 1. The van der Waals surface area contributed by atoms with Gasteiger partial charge in [0.15, 0.2) is 11.4 Å². The third-order valence-corrected chi connectivity index (χ3v) is 12.1. The van der Waals surface area contributed by atoms with Crippen LogP contribution in [0.25, 0.3) is 0 Å². The number of nitrogens with zero attached hydrogens (tertiary/aromatic N) is 1. The van der Waals surface area contributed by atoms with Gasteiger partial charge in [-0.25, -0.2) is 0 Å². The first kappa shape index (κ1) is 30.6. The van der Waals surface area contributed by atoms with E-state index < -0.39 is 99.0 Å². The molecule has 5 aliphatic rings. The van der Waals surface area contributed by atoms with E-state index in [4.69, 9.17) is 5.73 Å². The van der Waals surface area contributed by atoms with Gasteiger partial charge in [0.25, 0.3) is 5.91 Å². The first-order valence-electron chi connectivity index (χ1n) is 14.9. The SMILES string of the molecule is CN(Cc1cc(O)c2c(c1C(F)(F)F)CC1C[C@H]3CC(O)=C(C(N)=O)C(=O)[C@@]3(O)C(O)=C1C2=O)[C@H]1CC2CCC1(C)C2(C)C. The number of rotatable bonds is 4. The van der Waals surface area contributed by atoms with Crippen LogP contribution in [0.3, 0.4) is 0 Å². The number of alkyl halides is 3.